The van der Waals surface area contributed by atoms with Crippen molar-refractivity contribution in [3.63, 3.8) is 0 Å². The van der Waals surface area contributed by atoms with Crippen LogP contribution in [-0.2, 0) is 32.1 Å². The predicted molar refractivity (Wildman–Crippen MR) is 196 cm³/mol. The van der Waals surface area contributed by atoms with Gasteiger partial charge in [-0.25, -0.2) is 0 Å². The molecule has 2 aliphatic carbocycles. The minimum absolute atomic E-state index is 0. The molecule has 1 atom stereocenters. The Morgan fingerprint density at radius 2 is 1.04 bits per heavy atom. The van der Waals surface area contributed by atoms with Gasteiger partial charge < -0.3 is 24.8 Å². The van der Waals surface area contributed by atoms with Crippen molar-refractivity contribution in [3.05, 3.63) is 151 Å². The van der Waals surface area contributed by atoms with Crippen LogP contribution >= 0.6 is 0 Å². The van der Waals surface area contributed by atoms with Gasteiger partial charge in [-0.05, 0) is 0 Å². The van der Waals surface area contributed by atoms with Crippen LogP contribution in [-0.4, -0.2) is 11.3 Å². The van der Waals surface area contributed by atoms with Gasteiger partial charge in [-0.1, -0.05) is 0 Å². The van der Waals surface area contributed by atoms with Crippen LogP contribution in [0.1, 0.15) is 85.5 Å². The summed E-state index contributed by atoms with van der Waals surface area (Å²) in [5.41, 5.74) is 11.9. The quantitative estimate of drug-likeness (QED) is 0.234. The standard InChI is InChI=1S/C21H25.C13H10.C9H15Si.2ClH.Zr/c1-20(2,3)16-9-7-14-11-15-8-10-17(21(4,5)6)13-19(15)18(14)12-16;1-3-7-12(8-4-1)11-13-9-5-2-6-10-13;1-8-5-6-9(7-8)10(2,3)4;;;/h7-13H,1-6H3;1-10H;6-8H,1-4H3;2*1H;/q;;;;;+2/p-2. The molecule has 4 heteroatoms. The summed E-state index contributed by atoms with van der Waals surface area (Å²) in [5, 5.41) is 1.63. The van der Waals surface area contributed by atoms with Gasteiger partial charge in [0.25, 0.3) is 0 Å². The number of allylic oxidation sites excluding steroid dienone is 4. The van der Waals surface area contributed by atoms with E-state index in [1.165, 1.54) is 33.4 Å². The molecule has 2 aliphatic rings. The van der Waals surface area contributed by atoms with Crippen molar-refractivity contribution in [1.29, 1.82) is 0 Å². The van der Waals surface area contributed by atoms with E-state index in [9.17, 15) is 0 Å². The minimum atomic E-state index is -2.79. The smallest absolute Gasteiger partial charge is 1.00 e. The van der Waals surface area contributed by atoms with Gasteiger partial charge in [-0.3, -0.25) is 0 Å². The summed E-state index contributed by atoms with van der Waals surface area (Å²) < 4.78 is 3.80. The summed E-state index contributed by atoms with van der Waals surface area (Å²) >= 11 is -2.79. The fourth-order valence-electron chi connectivity index (χ4n) is 7.13. The Morgan fingerprint density at radius 3 is 1.40 bits per heavy atom. The topological polar surface area (TPSA) is 0 Å². The molecule has 0 saturated carbocycles. The molecule has 4 aromatic rings. The third-order valence-electron chi connectivity index (χ3n) is 9.84. The third kappa shape index (κ3) is 7.43. The van der Waals surface area contributed by atoms with E-state index >= 15 is 0 Å². The maximum Gasteiger partial charge on any atom is -1.00 e. The molecule has 0 heterocycles. The van der Waals surface area contributed by atoms with E-state index in [1.54, 1.807) is 22.8 Å². The van der Waals surface area contributed by atoms with Crippen LogP contribution in [0, 0.1) is 5.92 Å². The van der Waals surface area contributed by atoms with Crippen molar-refractivity contribution in [3.8, 4) is 11.1 Å². The van der Waals surface area contributed by atoms with Crippen LogP contribution in [0.5, 0.6) is 0 Å². The maximum atomic E-state index is 2.71. The Balaban J connectivity index is 0.00000250. The molecule has 47 heavy (non-hydrogen) atoms. The SMILES string of the molecule is CC1C=C([Si](C)(C)C)C=[C]1[Zr+2](=[C](c1ccccc1)c1ccccc1)[CH]1c2ccc(C(C)(C)C)cc2-c2cc(C(C)(C)C)ccc21.[Cl-].[Cl-]. The van der Waals surface area contributed by atoms with Crippen molar-refractivity contribution in [2.75, 3.05) is 0 Å². The summed E-state index contributed by atoms with van der Waals surface area (Å²) in [6.45, 7) is 24.1. The van der Waals surface area contributed by atoms with Gasteiger partial charge in [0.05, 0.1) is 0 Å². The fourth-order valence-corrected chi connectivity index (χ4v) is 18.4. The van der Waals surface area contributed by atoms with Gasteiger partial charge in [0.15, 0.2) is 0 Å². The van der Waals surface area contributed by atoms with E-state index in [1.807, 2.05) is 0 Å². The zero-order chi connectivity index (χ0) is 32.3. The number of hydrogen-bond acceptors (Lipinski definition) is 0. The third-order valence-corrected chi connectivity index (χ3v) is 20.6. The molecule has 0 nitrogen and oxygen atoms in total. The van der Waals surface area contributed by atoms with E-state index in [0.29, 0.717) is 9.54 Å². The Morgan fingerprint density at radius 1 is 0.617 bits per heavy atom. The van der Waals surface area contributed by atoms with E-state index < -0.39 is 29.3 Å². The van der Waals surface area contributed by atoms with Gasteiger partial charge in [-0.2, -0.15) is 0 Å². The molecule has 0 bridgehead atoms. The van der Waals surface area contributed by atoms with Gasteiger partial charge in [-0.15, -0.1) is 0 Å². The van der Waals surface area contributed by atoms with Crippen LogP contribution < -0.4 is 24.8 Å². The number of halogens is 2. The first kappa shape index (κ1) is 37.7. The molecule has 244 valence electrons. The largest absolute Gasteiger partial charge is 1.00 e. The summed E-state index contributed by atoms with van der Waals surface area (Å²) in [4.78, 5) is 0. The van der Waals surface area contributed by atoms with Gasteiger partial charge in [0.2, 0.25) is 0 Å². The number of hydrogen-bond donors (Lipinski definition) is 0. The van der Waals surface area contributed by atoms with Crippen LogP contribution in [0.3, 0.4) is 0 Å². The van der Waals surface area contributed by atoms with Crippen molar-refractivity contribution in [1.82, 2.24) is 0 Å². The molecular weight excluding hydrogens is 707 g/mol. The second-order valence-corrected chi connectivity index (χ2v) is 27.5. The predicted octanol–water partition coefficient (Wildman–Crippen LogP) is 5.58. The van der Waals surface area contributed by atoms with E-state index in [0.717, 1.165) is 0 Å². The fraction of sp³-hybridized carbons (Fsp3) is 0.326. The van der Waals surface area contributed by atoms with Crippen molar-refractivity contribution in [2.24, 2.45) is 5.92 Å². The second kappa shape index (κ2) is 14.0. The normalized spacial score (nSPS) is 15.7. The molecule has 0 fully saturated rings. The average molecular weight is 757 g/mol. The molecule has 6 rings (SSSR count). The average Bonchev–Trinajstić information content (AvgIpc) is 3.53. The summed E-state index contributed by atoms with van der Waals surface area (Å²) in [6, 6.07) is 37.8. The van der Waals surface area contributed by atoms with E-state index in [4.69, 9.17) is 0 Å². The van der Waals surface area contributed by atoms with Gasteiger partial charge in [0, 0.05) is 0 Å². The first-order valence-corrected chi connectivity index (χ1v) is 24.1. The summed E-state index contributed by atoms with van der Waals surface area (Å²) in [7, 11) is -1.48. The number of fused-ring (bicyclic) bond motifs is 3. The molecular formula is C43H50Cl2SiZr. The zero-order valence-corrected chi connectivity index (χ0v) is 34.8. The molecule has 0 aromatic heterocycles. The first-order valence-electron chi connectivity index (χ1n) is 16.7. The Labute approximate surface area is 305 Å². The molecule has 4 aromatic carbocycles. The number of benzene rings is 4. The van der Waals surface area contributed by atoms with Gasteiger partial charge >= 0.3 is 283 Å². The zero-order valence-electron chi connectivity index (χ0n) is 29.8. The second-order valence-electron chi connectivity index (χ2n) is 16.3. The van der Waals surface area contributed by atoms with Crippen LogP contribution in [0.25, 0.3) is 11.1 Å². The monoisotopic (exact) mass is 754 g/mol. The summed E-state index contributed by atoms with van der Waals surface area (Å²) in [6.07, 6.45) is 5.35. The van der Waals surface area contributed by atoms with Gasteiger partial charge in [0.1, 0.15) is 0 Å². The minimum Gasteiger partial charge on any atom is -1.00 e. The van der Waals surface area contributed by atoms with E-state index in [-0.39, 0.29) is 35.6 Å². The first-order chi connectivity index (χ1) is 21.1. The Bertz CT molecular complexity index is 1740. The molecule has 0 amide bonds. The molecule has 1 unspecified atom stereocenters. The summed E-state index contributed by atoms with van der Waals surface area (Å²) in [5.74, 6) is 0.471. The van der Waals surface area contributed by atoms with Crippen LogP contribution in [0.15, 0.2) is 118 Å². The number of rotatable bonds is 5. The Kier molecular flexibility index (Phi) is 11.3. The Hall–Kier alpha value is -2.09. The molecule has 0 N–H and O–H groups in total. The van der Waals surface area contributed by atoms with Crippen molar-refractivity contribution < 1.29 is 46.1 Å². The molecule has 0 saturated heterocycles. The van der Waals surface area contributed by atoms with E-state index in [2.05, 4.69) is 177 Å². The van der Waals surface area contributed by atoms with Crippen LogP contribution in [0.2, 0.25) is 19.6 Å². The molecule has 0 radical (unpaired) electrons. The van der Waals surface area contributed by atoms with Crippen molar-refractivity contribution in [2.45, 2.75) is 82.6 Å². The van der Waals surface area contributed by atoms with Crippen molar-refractivity contribution >= 4 is 11.3 Å². The van der Waals surface area contributed by atoms with Crippen LogP contribution in [0.4, 0.5) is 0 Å². The maximum absolute atomic E-state index is 2.79. The molecule has 0 spiro atoms. The molecule has 0 aliphatic heterocycles.